The normalized spacial score (nSPS) is 13.2. The first-order valence-electron chi connectivity index (χ1n) is 7.06. The van der Waals surface area contributed by atoms with Crippen molar-refractivity contribution in [1.29, 1.82) is 0 Å². The molecule has 0 aliphatic carbocycles. The summed E-state index contributed by atoms with van der Waals surface area (Å²) in [6.45, 7) is 6.52. The zero-order valence-corrected chi connectivity index (χ0v) is 13.6. The van der Waals surface area contributed by atoms with Crippen LogP contribution in [-0.4, -0.2) is 7.05 Å². The Labute approximate surface area is 131 Å². The van der Waals surface area contributed by atoms with E-state index in [1.54, 1.807) is 6.07 Å². The van der Waals surface area contributed by atoms with Gasteiger partial charge in [0.1, 0.15) is 5.82 Å². The van der Waals surface area contributed by atoms with Gasteiger partial charge in [0.15, 0.2) is 0 Å². The summed E-state index contributed by atoms with van der Waals surface area (Å²) < 4.78 is 13.6. The number of hydrogen-bond acceptors (Lipinski definition) is 1. The number of hydrogen-bond donors (Lipinski definition) is 1. The van der Waals surface area contributed by atoms with Gasteiger partial charge in [0.05, 0.1) is 6.04 Å². The molecule has 2 rings (SSSR count). The van der Waals surface area contributed by atoms with Crippen LogP contribution in [0.5, 0.6) is 0 Å². The maximum absolute atomic E-state index is 13.6. The third-order valence-corrected chi connectivity index (χ3v) is 3.98. The average Bonchev–Trinajstić information content (AvgIpc) is 2.43. The van der Waals surface area contributed by atoms with Gasteiger partial charge in [-0.2, -0.15) is 0 Å². The van der Waals surface area contributed by atoms with E-state index in [2.05, 4.69) is 38.2 Å². The van der Waals surface area contributed by atoms with E-state index < -0.39 is 0 Å². The molecule has 1 atom stereocenters. The summed E-state index contributed by atoms with van der Waals surface area (Å²) >= 11 is 6.28. The Hall–Kier alpha value is -1.38. The number of benzene rings is 2. The molecule has 0 amide bonds. The minimum absolute atomic E-state index is 0.00545. The number of rotatable bonds is 3. The highest BCUT2D eigenvalue weighted by molar-refractivity contribution is 6.31. The van der Waals surface area contributed by atoms with Crippen molar-refractivity contribution in [3.63, 3.8) is 0 Å². The van der Waals surface area contributed by atoms with E-state index >= 15 is 0 Å². The lowest BCUT2D eigenvalue weighted by atomic mass is 9.80. The van der Waals surface area contributed by atoms with Crippen LogP contribution in [0, 0.1) is 5.82 Å². The second kappa shape index (κ2) is 6.17. The minimum Gasteiger partial charge on any atom is -0.309 e. The first-order chi connectivity index (χ1) is 9.84. The Balaban J connectivity index is 2.60. The van der Waals surface area contributed by atoms with Gasteiger partial charge in [0.2, 0.25) is 0 Å². The maximum Gasteiger partial charge on any atom is 0.123 e. The predicted molar refractivity (Wildman–Crippen MR) is 87.5 cm³/mol. The third kappa shape index (κ3) is 3.45. The Bertz CT molecular complexity index is 631. The Kier molecular flexibility index (Phi) is 4.70. The lowest BCUT2D eigenvalue weighted by Crippen LogP contribution is -2.23. The van der Waals surface area contributed by atoms with Crippen LogP contribution in [0.25, 0.3) is 0 Å². The summed E-state index contributed by atoms with van der Waals surface area (Å²) in [7, 11) is 1.87. The van der Waals surface area contributed by atoms with Gasteiger partial charge in [0, 0.05) is 5.02 Å². The van der Waals surface area contributed by atoms with Gasteiger partial charge in [0.25, 0.3) is 0 Å². The molecule has 1 N–H and O–H groups in total. The summed E-state index contributed by atoms with van der Waals surface area (Å²) in [5.74, 6) is -0.275. The highest BCUT2D eigenvalue weighted by Gasteiger charge is 2.24. The van der Waals surface area contributed by atoms with E-state index in [4.69, 9.17) is 11.6 Å². The van der Waals surface area contributed by atoms with Crippen molar-refractivity contribution in [3.05, 3.63) is 70.0 Å². The zero-order chi connectivity index (χ0) is 15.6. The molecule has 0 radical (unpaired) electrons. The van der Waals surface area contributed by atoms with Crippen molar-refractivity contribution in [2.75, 3.05) is 7.05 Å². The molecule has 0 aliphatic rings. The lowest BCUT2D eigenvalue weighted by Gasteiger charge is -2.28. The monoisotopic (exact) mass is 305 g/mol. The molecule has 0 aliphatic heterocycles. The van der Waals surface area contributed by atoms with Crippen LogP contribution in [0.15, 0.2) is 42.5 Å². The molecule has 0 heterocycles. The van der Waals surface area contributed by atoms with Crippen LogP contribution in [0.3, 0.4) is 0 Å². The molecule has 1 nitrogen and oxygen atoms in total. The predicted octanol–water partition coefficient (Wildman–Crippen LogP) is 5.09. The largest absolute Gasteiger partial charge is 0.309 e. The highest BCUT2D eigenvalue weighted by atomic mass is 35.5. The Morgan fingerprint density at radius 1 is 1.05 bits per heavy atom. The average molecular weight is 306 g/mol. The second-order valence-corrected chi connectivity index (χ2v) is 6.63. The van der Waals surface area contributed by atoms with Crippen molar-refractivity contribution >= 4 is 11.6 Å². The molecule has 3 heteroatoms. The topological polar surface area (TPSA) is 12.0 Å². The molecule has 2 aromatic rings. The van der Waals surface area contributed by atoms with Crippen molar-refractivity contribution in [2.24, 2.45) is 0 Å². The molecule has 112 valence electrons. The molecular formula is C18H21ClFN. The number of nitrogens with one attached hydrogen (secondary N) is 1. The quantitative estimate of drug-likeness (QED) is 0.833. The molecule has 0 bridgehead atoms. The van der Waals surface area contributed by atoms with Gasteiger partial charge < -0.3 is 5.32 Å². The maximum atomic E-state index is 13.6. The van der Waals surface area contributed by atoms with Crippen LogP contribution in [0.1, 0.15) is 43.5 Å². The van der Waals surface area contributed by atoms with Crippen LogP contribution in [-0.2, 0) is 5.41 Å². The summed E-state index contributed by atoms with van der Waals surface area (Å²) in [6.07, 6.45) is 0. The van der Waals surface area contributed by atoms with Gasteiger partial charge in [-0.1, -0.05) is 56.6 Å². The van der Waals surface area contributed by atoms with Crippen LogP contribution < -0.4 is 5.32 Å². The third-order valence-electron chi connectivity index (χ3n) is 3.64. The zero-order valence-electron chi connectivity index (χ0n) is 12.9. The van der Waals surface area contributed by atoms with Crippen molar-refractivity contribution in [2.45, 2.75) is 32.2 Å². The summed E-state index contributed by atoms with van der Waals surface area (Å²) in [5, 5.41) is 3.83. The van der Waals surface area contributed by atoms with Gasteiger partial charge in [-0.05, 0) is 47.4 Å². The molecule has 1 unspecified atom stereocenters. The standard InChI is InChI=1S/C18H21ClFN/c1-18(2,3)15-8-6-5-7-13(15)17(21-4)14-11-12(20)9-10-16(14)19/h5-11,17,21H,1-4H3. The van der Waals surface area contributed by atoms with Crippen molar-refractivity contribution in [1.82, 2.24) is 5.32 Å². The molecule has 0 saturated carbocycles. The van der Waals surface area contributed by atoms with Crippen molar-refractivity contribution in [3.8, 4) is 0 Å². The van der Waals surface area contributed by atoms with Gasteiger partial charge in [-0.25, -0.2) is 4.39 Å². The van der Waals surface area contributed by atoms with E-state index in [9.17, 15) is 4.39 Å². The molecule has 0 saturated heterocycles. The van der Waals surface area contributed by atoms with Crippen LogP contribution in [0.2, 0.25) is 5.02 Å². The highest BCUT2D eigenvalue weighted by Crippen LogP contribution is 2.35. The van der Waals surface area contributed by atoms with Crippen molar-refractivity contribution < 1.29 is 4.39 Å². The lowest BCUT2D eigenvalue weighted by molar-refractivity contribution is 0.565. The van der Waals surface area contributed by atoms with Gasteiger partial charge >= 0.3 is 0 Å². The first kappa shape index (κ1) is 16.0. The molecule has 2 aromatic carbocycles. The van der Waals surface area contributed by atoms with Crippen LogP contribution in [0.4, 0.5) is 4.39 Å². The molecule has 0 fully saturated rings. The molecule has 0 aromatic heterocycles. The SMILES string of the molecule is CNC(c1cc(F)ccc1Cl)c1ccccc1C(C)(C)C. The number of halogens is 2. The fraction of sp³-hybridized carbons (Fsp3) is 0.333. The van der Waals surface area contributed by atoms with Crippen LogP contribution >= 0.6 is 11.6 Å². The fourth-order valence-electron chi connectivity index (χ4n) is 2.65. The fourth-order valence-corrected chi connectivity index (χ4v) is 2.87. The van der Waals surface area contributed by atoms with Gasteiger partial charge in [-0.15, -0.1) is 0 Å². The second-order valence-electron chi connectivity index (χ2n) is 6.22. The van der Waals surface area contributed by atoms with E-state index in [1.165, 1.54) is 17.7 Å². The molecule has 0 spiro atoms. The summed E-state index contributed by atoms with van der Waals surface area (Å²) in [4.78, 5) is 0. The molecule has 21 heavy (non-hydrogen) atoms. The smallest absolute Gasteiger partial charge is 0.123 e. The van der Waals surface area contributed by atoms with E-state index in [0.717, 1.165) is 11.1 Å². The Morgan fingerprint density at radius 3 is 2.33 bits per heavy atom. The summed E-state index contributed by atoms with van der Waals surface area (Å²) in [6, 6.07) is 12.6. The molecular weight excluding hydrogens is 285 g/mol. The first-order valence-corrected chi connectivity index (χ1v) is 7.44. The van der Waals surface area contributed by atoms with E-state index in [0.29, 0.717) is 5.02 Å². The van der Waals surface area contributed by atoms with E-state index in [-0.39, 0.29) is 17.3 Å². The van der Waals surface area contributed by atoms with E-state index in [1.807, 2.05) is 19.2 Å². The van der Waals surface area contributed by atoms with Gasteiger partial charge in [-0.3, -0.25) is 0 Å². The summed E-state index contributed by atoms with van der Waals surface area (Å²) in [5.41, 5.74) is 3.12. The Morgan fingerprint density at radius 2 is 1.71 bits per heavy atom. The minimum atomic E-state index is -0.275.